The van der Waals surface area contributed by atoms with Crippen molar-refractivity contribution in [2.24, 2.45) is 4.99 Å². The lowest BCUT2D eigenvalue weighted by atomic mass is 9.80. The fourth-order valence-electron chi connectivity index (χ4n) is 3.79. The largest absolute Gasteiger partial charge is 0.504 e. The molecule has 2 N–H and O–H groups in total. The molecule has 9 nitrogen and oxygen atoms in total. The minimum Gasteiger partial charge on any atom is -0.504 e. The highest BCUT2D eigenvalue weighted by molar-refractivity contribution is 5.86. The van der Waals surface area contributed by atoms with Crippen LogP contribution >= 0.6 is 0 Å². The Morgan fingerprint density at radius 3 is 1.91 bits per heavy atom. The first kappa shape index (κ1) is 24.5. The van der Waals surface area contributed by atoms with E-state index < -0.39 is 16.6 Å². The van der Waals surface area contributed by atoms with Crippen molar-refractivity contribution in [3.05, 3.63) is 87.5 Å². The van der Waals surface area contributed by atoms with E-state index in [1.54, 1.807) is 55.5 Å². The number of benzene rings is 3. The second-order valence-corrected chi connectivity index (χ2v) is 7.46. The van der Waals surface area contributed by atoms with Crippen LogP contribution in [0.2, 0.25) is 0 Å². The van der Waals surface area contributed by atoms with Gasteiger partial charge in [0.1, 0.15) is 17.1 Å². The standard InChI is InChI=1S/C25H26N2O7/c1-16(26-15-17-13-18(27(30)31)14-23(34-4)24(17)28)25(29,19-9-5-7-11-21(19)32-2)20-10-6-8-12-22(20)33-3/h5-16,28-29H,1-4H3. The fourth-order valence-corrected chi connectivity index (χ4v) is 3.79. The number of non-ortho nitro benzene ring substituents is 1. The summed E-state index contributed by atoms with van der Waals surface area (Å²) in [6.45, 7) is 1.68. The number of aromatic hydroxyl groups is 1. The fraction of sp³-hybridized carbons (Fsp3) is 0.240. The first-order chi connectivity index (χ1) is 16.3. The molecule has 34 heavy (non-hydrogen) atoms. The highest BCUT2D eigenvalue weighted by atomic mass is 16.6. The molecule has 3 aromatic rings. The molecular formula is C25H26N2O7. The normalized spacial score (nSPS) is 12.4. The van der Waals surface area contributed by atoms with E-state index >= 15 is 0 Å². The molecule has 0 amide bonds. The van der Waals surface area contributed by atoms with Gasteiger partial charge in [0.25, 0.3) is 5.69 Å². The number of aliphatic imine (C=N–C) groups is 1. The van der Waals surface area contributed by atoms with E-state index in [2.05, 4.69) is 4.99 Å². The van der Waals surface area contributed by atoms with E-state index in [9.17, 15) is 20.3 Å². The summed E-state index contributed by atoms with van der Waals surface area (Å²) >= 11 is 0. The van der Waals surface area contributed by atoms with E-state index in [4.69, 9.17) is 14.2 Å². The first-order valence-electron chi connectivity index (χ1n) is 10.4. The monoisotopic (exact) mass is 466 g/mol. The Morgan fingerprint density at radius 1 is 0.941 bits per heavy atom. The molecule has 0 aliphatic carbocycles. The van der Waals surface area contributed by atoms with Crippen molar-refractivity contribution in [1.29, 1.82) is 0 Å². The van der Waals surface area contributed by atoms with E-state index in [1.807, 2.05) is 0 Å². The van der Waals surface area contributed by atoms with Crippen molar-refractivity contribution < 1.29 is 29.3 Å². The maximum Gasteiger partial charge on any atom is 0.274 e. The van der Waals surface area contributed by atoms with Crippen LogP contribution in [0.3, 0.4) is 0 Å². The number of nitro benzene ring substituents is 1. The Hall–Kier alpha value is -4.11. The predicted octanol–water partition coefficient (Wildman–Crippen LogP) is 4.07. The van der Waals surface area contributed by atoms with E-state index in [0.29, 0.717) is 22.6 Å². The second kappa shape index (κ2) is 10.2. The molecule has 0 radical (unpaired) electrons. The van der Waals surface area contributed by atoms with Gasteiger partial charge in [0.2, 0.25) is 0 Å². The SMILES string of the molecule is COc1ccccc1C(O)(c1ccccc1OC)C(C)N=Cc1cc([N+](=O)[O-])cc(OC)c1O. The quantitative estimate of drug-likeness (QED) is 0.277. The zero-order valence-corrected chi connectivity index (χ0v) is 19.3. The number of ether oxygens (including phenoxy) is 3. The average molecular weight is 466 g/mol. The van der Waals surface area contributed by atoms with Crippen LogP contribution in [-0.4, -0.2) is 48.7 Å². The lowest BCUT2D eigenvalue weighted by Crippen LogP contribution is -2.38. The Balaban J connectivity index is 2.18. The van der Waals surface area contributed by atoms with Crippen LogP contribution < -0.4 is 14.2 Å². The summed E-state index contributed by atoms with van der Waals surface area (Å²) in [5.41, 5.74) is -1.01. The van der Waals surface area contributed by atoms with E-state index in [-0.39, 0.29) is 22.7 Å². The van der Waals surface area contributed by atoms with E-state index in [0.717, 1.165) is 6.07 Å². The third kappa shape index (κ3) is 4.51. The molecule has 0 saturated carbocycles. The number of phenolic OH excluding ortho intramolecular Hbond substituents is 1. The zero-order valence-electron chi connectivity index (χ0n) is 19.3. The maximum absolute atomic E-state index is 12.2. The van der Waals surface area contributed by atoms with Crippen molar-refractivity contribution in [2.45, 2.75) is 18.6 Å². The van der Waals surface area contributed by atoms with Crippen LogP contribution in [0.4, 0.5) is 5.69 Å². The Kier molecular flexibility index (Phi) is 7.37. The highest BCUT2D eigenvalue weighted by Crippen LogP contribution is 2.43. The van der Waals surface area contributed by atoms with Crippen LogP contribution in [0.5, 0.6) is 23.0 Å². The molecule has 1 unspecified atom stereocenters. The predicted molar refractivity (Wildman–Crippen MR) is 127 cm³/mol. The number of rotatable bonds is 9. The van der Waals surface area contributed by atoms with Crippen molar-refractivity contribution in [1.82, 2.24) is 0 Å². The first-order valence-corrected chi connectivity index (χ1v) is 10.4. The molecule has 0 saturated heterocycles. The molecule has 0 heterocycles. The van der Waals surface area contributed by atoms with Crippen molar-refractivity contribution in [3.8, 4) is 23.0 Å². The number of phenols is 1. The van der Waals surface area contributed by atoms with Gasteiger partial charge in [-0.1, -0.05) is 36.4 Å². The third-order valence-corrected chi connectivity index (χ3v) is 5.60. The number of nitrogens with zero attached hydrogens (tertiary/aromatic N) is 2. The number of para-hydroxylation sites is 2. The number of methoxy groups -OCH3 is 3. The van der Waals surface area contributed by atoms with E-state index in [1.165, 1.54) is 33.6 Å². The minimum absolute atomic E-state index is 0.0620. The summed E-state index contributed by atoms with van der Waals surface area (Å²) in [5.74, 6) is 0.519. The van der Waals surface area contributed by atoms with Gasteiger partial charge < -0.3 is 24.4 Å². The van der Waals surface area contributed by atoms with Gasteiger partial charge in [0.05, 0.1) is 38.4 Å². The summed E-state index contributed by atoms with van der Waals surface area (Å²) in [4.78, 5) is 15.2. The zero-order chi connectivity index (χ0) is 24.9. The topological polar surface area (TPSA) is 124 Å². The summed E-state index contributed by atoms with van der Waals surface area (Å²) in [6, 6.07) is 15.5. The molecule has 0 spiro atoms. The van der Waals surface area contributed by atoms with Crippen LogP contribution in [0.15, 0.2) is 65.7 Å². The Morgan fingerprint density at radius 2 is 1.44 bits per heavy atom. The molecule has 9 heteroatoms. The summed E-state index contributed by atoms with van der Waals surface area (Å²) in [5, 5.41) is 33.9. The summed E-state index contributed by atoms with van der Waals surface area (Å²) in [6.07, 6.45) is 1.27. The summed E-state index contributed by atoms with van der Waals surface area (Å²) in [7, 11) is 4.30. The van der Waals surface area contributed by atoms with Crippen molar-refractivity contribution in [3.63, 3.8) is 0 Å². The molecule has 0 aliphatic heterocycles. The van der Waals surface area contributed by atoms with Crippen molar-refractivity contribution in [2.75, 3.05) is 21.3 Å². The molecule has 0 aliphatic rings. The molecule has 1 atom stereocenters. The maximum atomic E-state index is 12.2. The van der Waals surface area contributed by atoms with Crippen molar-refractivity contribution >= 4 is 11.9 Å². The lowest BCUT2D eigenvalue weighted by Gasteiger charge is -2.35. The highest BCUT2D eigenvalue weighted by Gasteiger charge is 2.42. The third-order valence-electron chi connectivity index (χ3n) is 5.60. The molecular weight excluding hydrogens is 440 g/mol. The summed E-state index contributed by atoms with van der Waals surface area (Å²) < 4.78 is 16.1. The van der Waals surface area contributed by atoms with Gasteiger partial charge in [-0.05, 0) is 19.1 Å². The lowest BCUT2D eigenvalue weighted by molar-refractivity contribution is -0.385. The molecule has 3 aromatic carbocycles. The van der Waals surface area contributed by atoms with Crippen LogP contribution in [-0.2, 0) is 5.60 Å². The van der Waals surface area contributed by atoms with Crippen LogP contribution in [0, 0.1) is 10.1 Å². The number of hydrogen-bond acceptors (Lipinski definition) is 8. The van der Waals surface area contributed by atoms with Crippen LogP contribution in [0.1, 0.15) is 23.6 Å². The van der Waals surface area contributed by atoms with Gasteiger partial charge in [-0.15, -0.1) is 0 Å². The smallest absolute Gasteiger partial charge is 0.274 e. The van der Waals surface area contributed by atoms with Gasteiger partial charge in [-0.2, -0.15) is 0 Å². The van der Waals surface area contributed by atoms with Gasteiger partial charge in [0, 0.05) is 29.0 Å². The molecule has 0 fully saturated rings. The Labute approximate surface area is 197 Å². The number of aliphatic hydroxyl groups is 1. The van der Waals surface area contributed by atoms with Gasteiger partial charge in [-0.3, -0.25) is 15.1 Å². The molecule has 3 rings (SSSR count). The minimum atomic E-state index is -1.71. The average Bonchev–Trinajstić information content (AvgIpc) is 2.87. The van der Waals surface area contributed by atoms with Gasteiger partial charge in [0.15, 0.2) is 11.5 Å². The van der Waals surface area contributed by atoms with Gasteiger partial charge in [-0.25, -0.2) is 0 Å². The number of nitro groups is 1. The molecule has 0 aromatic heterocycles. The second-order valence-electron chi connectivity index (χ2n) is 7.46. The molecule has 178 valence electrons. The van der Waals surface area contributed by atoms with Gasteiger partial charge >= 0.3 is 0 Å². The molecule has 0 bridgehead atoms. The number of hydrogen-bond donors (Lipinski definition) is 2. The Bertz CT molecular complexity index is 1160. The van der Waals surface area contributed by atoms with Crippen LogP contribution in [0.25, 0.3) is 0 Å².